The molecular weight excluding hydrogens is 380 g/mol. The number of hydrogen-bond donors (Lipinski definition) is 0. The second kappa shape index (κ2) is 7.61. The van der Waals surface area contributed by atoms with Crippen molar-refractivity contribution in [2.24, 2.45) is 0 Å². The molecule has 4 rings (SSSR count). The van der Waals surface area contributed by atoms with Crippen molar-refractivity contribution in [1.29, 1.82) is 0 Å². The molecule has 3 saturated heterocycles. The van der Waals surface area contributed by atoms with Crippen molar-refractivity contribution in [3.63, 3.8) is 0 Å². The maximum atomic E-state index is 12.8. The second-order valence-electron chi connectivity index (χ2n) is 8.37. The minimum atomic E-state index is -0.876. The Morgan fingerprint density at radius 2 is 1.62 bits per heavy atom. The van der Waals surface area contributed by atoms with E-state index in [-0.39, 0.29) is 0 Å². The summed E-state index contributed by atoms with van der Waals surface area (Å²) in [5.41, 5.74) is 0.430. The third-order valence-electron chi connectivity index (χ3n) is 5.25. The molecule has 8 heteroatoms. The Balaban J connectivity index is 1.65. The number of rotatable bonds is 3. The van der Waals surface area contributed by atoms with Crippen molar-refractivity contribution in [3.05, 3.63) is 35.9 Å². The molecule has 160 valence electrons. The monoisotopic (exact) mass is 408 g/mol. The number of esters is 1. The van der Waals surface area contributed by atoms with E-state index < -0.39 is 54.4 Å². The first-order chi connectivity index (χ1) is 13.7. The van der Waals surface area contributed by atoms with Gasteiger partial charge in [-0.3, -0.25) is 0 Å². The van der Waals surface area contributed by atoms with Crippen LogP contribution in [0, 0.1) is 0 Å². The zero-order chi connectivity index (χ0) is 20.8. The molecule has 6 atom stereocenters. The minimum absolute atomic E-state index is 0.296. The van der Waals surface area contributed by atoms with Gasteiger partial charge in [-0.2, -0.15) is 0 Å². The molecule has 0 saturated carbocycles. The van der Waals surface area contributed by atoms with E-state index in [1.807, 2.05) is 33.8 Å². The maximum absolute atomic E-state index is 12.8. The predicted octanol–water partition coefficient (Wildman–Crippen LogP) is 2.25. The molecule has 0 N–H and O–H groups in total. The number of methoxy groups -OCH3 is 1. The van der Waals surface area contributed by atoms with Gasteiger partial charge in [0.05, 0.1) is 12.2 Å². The third kappa shape index (κ3) is 4.19. The topological polar surface area (TPSA) is 81.7 Å². The van der Waals surface area contributed by atoms with Crippen molar-refractivity contribution in [2.45, 2.75) is 76.1 Å². The number of carbonyl (C=O) groups excluding carboxylic acids is 1. The van der Waals surface area contributed by atoms with Crippen LogP contribution >= 0.6 is 0 Å². The van der Waals surface area contributed by atoms with E-state index in [1.54, 1.807) is 24.3 Å². The molecule has 3 unspecified atom stereocenters. The van der Waals surface area contributed by atoms with Gasteiger partial charge in [0.1, 0.15) is 24.4 Å². The number of hydrogen-bond acceptors (Lipinski definition) is 8. The van der Waals surface area contributed by atoms with Crippen LogP contribution in [0.25, 0.3) is 0 Å². The predicted molar refractivity (Wildman–Crippen MR) is 100 cm³/mol. The van der Waals surface area contributed by atoms with Crippen LogP contribution in [-0.2, 0) is 33.2 Å². The number of benzene rings is 1. The van der Waals surface area contributed by atoms with Crippen LogP contribution in [0.3, 0.4) is 0 Å². The fourth-order valence-electron chi connectivity index (χ4n) is 4.02. The first-order valence-electron chi connectivity index (χ1n) is 9.81. The van der Waals surface area contributed by atoms with E-state index in [1.165, 1.54) is 7.11 Å². The summed E-state index contributed by atoms with van der Waals surface area (Å²) in [7, 11) is 1.50. The van der Waals surface area contributed by atoms with Crippen LogP contribution in [0.4, 0.5) is 0 Å². The van der Waals surface area contributed by atoms with Gasteiger partial charge in [0, 0.05) is 7.11 Å². The highest BCUT2D eigenvalue weighted by Crippen LogP contribution is 2.42. The highest BCUT2D eigenvalue weighted by Gasteiger charge is 2.59. The molecule has 0 aromatic heterocycles. The highest BCUT2D eigenvalue weighted by molar-refractivity contribution is 5.89. The summed E-state index contributed by atoms with van der Waals surface area (Å²) in [4.78, 5) is 12.8. The summed E-state index contributed by atoms with van der Waals surface area (Å²) in [5, 5.41) is 0. The Hall–Kier alpha value is -1.55. The van der Waals surface area contributed by atoms with Crippen LogP contribution in [0.15, 0.2) is 30.3 Å². The molecule has 0 aliphatic carbocycles. The van der Waals surface area contributed by atoms with Gasteiger partial charge < -0.3 is 33.2 Å². The average molecular weight is 408 g/mol. The smallest absolute Gasteiger partial charge is 0.338 e. The standard InChI is InChI=1S/C21H28O8/c1-20(2)24-11-13-14(27-20)15-16(29-21(3,4)28-15)17(19(23-5)25-13)26-18(22)12-9-7-6-8-10-12/h6-10,13-17,19H,11H2,1-5H3/t13?,14-,15-,16?,17?,19+/m0/s1. The summed E-state index contributed by atoms with van der Waals surface area (Å²) >= 11 is 0. The lowest BCUT2D eigenvalue weighted by Crippen LogP contribution is -2.55. The lowest BCUT2D eigenvalue weighted by molar-refractivity contribution is -0.340. The molecular formula is C21H28O8. The number of ether oxygens (including phenoxy) is 7. The van der Waals surface area contributed by atoms with E-state index in [9.17, 15) is 4.79 Å². The van der Waals surface area contributed by atoms with Crippen molar-refractivity contribution >= 4 is 5.97 Å². The summed E-state index contributed by atoms with van der Waals surface area (Å²) in [6.07, 6.45) is -3.80. The normalized spacial score (nSPS) is 37.8. The van der Waals surface area contributed by atoms with Gasteiger partial charge in [0.25, 0.3) is 0 Å². The van der Waals surface area contributed by atoms with Gasteiger partial charge in [0.2, 0.25) is 0 Å². The fourth-order valence-corrected chi connectivity index (χ4v) is 4.02. The lowest BCUT2D eigenvalue weighted by Gasteiger charge is -2.42. The quantitative estimate of drug-likeness (QED) is 0.705. The maximum Gasteiger partial charge on any atom is 0.338 e. The molecule has 3 heterocycles. The van der Waals surface area contributed by atoms with E-state index >= 15 is 0 Å². The molecule has 1 aromatic rings. The molecule has 1 aromatic carbocycles. The SMILES string of the molecule is CO[C@@H]1OC2COC(C)(C)O[C@@H]2[C@@H]2OC(C)(C)OC2C1OC(=O)c1ccccc1. The fraction of sp³-hybridized carbons (Fsp3) is 0.667. The second-order valence-corrected chi connectivity index (χ2v) is 8.37. The number of fused-ring (bicyclic) bond motifs is 3. The van der Waals surface area contributed by atoms with Crippen molar-refractivity contribution < 1.29 is 38.0 Å². The van der Waals surface area contributed by atoms with Crippen LogP contribution in [0.1, 0.15) is 38.1 Å². The highest BCUT2D eigenvalue weighted by atomic mass is 16.8. The van der Waals surface area contributed by atoms with Crippen LogP contribution in [0.5, 0.6) is 0 Å². The van der Waals surface area contributed by atoms with E-state index in [2.05, 4.69) is 0 Å². The van der Waals surface area contributed by atoms with Crippen molar-refractivity contribution in [1.82, 2.24) is 0 Å². The van der Waals surface area contributed by atoms with Crippen LogP contribution in [0.2, 0.25) is 0 Å². The van der Waals surface area contributed by atoms with Crippen LogP contribution < -0.4 is 0 Å². The number of carbonyl (C=O) groups is 1. The molecule has 3 aliphatic rings. The van der Waals surface area contributed by atoms with Gasteiger partial charge in [-0.25, -0.2) is 4.79 Å². The molecule has 0 radical (unpaired) electrons. The molecule has 3 fully saturated rings. The Bertz CT molecular complexity index is 733. The van der Waals surface area contributed by atoms with Gasteiger partial charge in [-0.1, -0.05) is 18.2 Å². The summed E-state index contributed by atoms with van der Waals surface area (Å²) in [6, 6.07) is 8.76. The van der Waals surface area contributed by atoms with E-state index in [0.717, 1.165) is 0 Å². The molecule has 0 spiro atoms. The van der Waals surface area contributed by atoms with Gasteiger partial charge in [0.15, 0.2) is 24.0 Å². The Labute approximate surface area is 170 Å². The summed E-state index contributed by atoms with van der Waals surface area (Å²) in [5.74, 6) is -2.16. The first-order valence-corrected chi connectivity index (χ1v) is 9.81. The third-order valence-corrected chi connectivity index (χ3v) is 5.25. The van der Waals surface area contributed by atoms with Gasteiger partial charge >= 0.3 is 5.97 Å². The van der Waals surface area contributed by atoms with E-state index in [0.29, 0.717) is 12.2 Å². The Morgan fingerprint density at radius 3 is 2.31 bits per heavy atom. The summed E-state index contributed by atoms with van der Waals surface area (Å²) < 4.78 is 41.7. The molecule has 8 nitrogen and oxygen atoms in total. The zero-order valence-electron chi connectivity index (χ0n) is 17.3. The zero-order valence-corrected chi connectivity index (χ0v) is 17.3. The molecule has 0 bridgehead atoms. The largest absolute Gasteiger partial charge is 0.450 e. The Morgan fingerprint density at radius 1 is 0.966 bits per heavy atom. The Kier molecular flexibility index (Phi) is 5.43. The van der Waals surface area contributed by atoms with Gasteiger partial charge in [-0.15, -0.1) is 0 Å². The lowest BCUT2D eigenvalue weighted by atomic mass is 9.99. The van der Waals surface area contributed by atoms with Crippen LogP contribution in [-0.4, -0.2) is 68.1 Å². The molecule has 29 heavy (non-hydrogen) atoms. The molecule has 3 aliphatic heterocycles. The van der Waals surface area contributed by atoms with Crippen molar-refractivity contribution in [2.75, 3.05) is 13.7 Å². The van der Waals surface area contributed by atoms with Crippen molar-refractivity contribution in [3.8, 4) is 0 Å². The summed E-state index contributed by atoms with van der Waals surface area (Å²) in [6.45, 7) is 7.61. The van der Waals surface area contributed by atoms with Gasteiger partial charge in [-0.05, 0) is 39.8 Å². The first kappa shape index (κ1) is 20.7. The van der Waals surface area contributed by atoms with E-state index in [4.69, 9.17) is 33.2 Å². The molecule has 0 amide bonds. The average Bonchev–Trinajstić information content (AvgIpc) is 2.95. The minimum Gasteiger partial charge on any atom is -0.450 e.